The largest absolute Gasteiger partial charge is 0.481 e. The third kappa shape index (κ3) is 5.89. The van der Waals surface area contributed by atoms with Gasteiger partial charge in [-0.2, -0.15) is 5.10 Å². The Balaban J connectivity index is 2.14. The summed E-state index contributed by atoms with van der Waals surface area (Å²) in [4.78, 5) is 21.7. The maximum Gasteiger partial charge on any atom is 0.315 e. The van der Waals surface area contributed by atoms with E-state index in [4.69, 9.17) is 5.11 Å². The first-order valence-electron chi connectivity index (χ1n) is 6.21. The molecule has 2 amide bonds. The smallest absolute Gasteiger partial charge is 0.315 e. The second kappa shape index (κ2) is 7.40. The van der Waals surface area contributed by atoms with E-state index >= 15 is 0 Å². The third-order valence-corrected chi connectivity index (χ3v) is 2.66. The van der Waals surface area contributed by atoms with E-state index in [2.05, 4.69) is 15.7 Å². The van der Waals surface area contributed by atoms with Gasteiger partial charge in [-0.3, -0.25) is 9.48 Å². The highest BCUT2D eigenvalue weighted by Gasteiger charge is 2.05. The molecule has 0 radical (unpaired) electrons. The highest BCUT2D eigenvalue weighted by Crippen LogP contribution is 2.03. The molecular weight excluding hydrogens is 248 g/mol. The molecular formula is C12H20N4O3. The molecule has 0 aliphatic rings. The molecule has 1 rings (SSSR count). The van der Waals surface area contributed by atoms with Crippen LogP contribution in [-0.4, -0.2) is 33.4 Å². The van der Waals surface area contributed by atoms with Crippen molar-refractivity contribution in [1.29, 1.82) is 0 Å². The minimum absolute atomic E-state index is 0.137. The van der Waals surface area contributed by atoms with Crippen molar-refractivity contribution in [1.82, 2.24) is 20.4 Å². The molecule has 0 saturated carbocycles. The average Bonchev–Trinajstić information content (AvgIpc) is 2.64. The van der Waals surface area contributed by atoms with Gasteiger partial charge < -0.3 is 15.7 Å². The van der Waals surface area contributed by atoms with Crippen LogP contribution in [0.25, 0.3) is 0 Å². The predicted molar refractivity (Wildman–Crippen MR) is 69.7 cm³/mol. The SMILES string of the molecule is Cc1nn(C)cc1CNC(=O)NCCCCC(=O)O. The number of carbonyl (C=O) groups is 2. The van der Waals surface area contributed by atoms with Gasteiger partial charge in [0.2, 0.25) is 0 Å². The minimum Gasteiger partial charge on any atom is -0.481 e. The highest BCUT2D eigenvalue weighted by molar-refractivity contribution is 5.73. The number of nitrogens with zero attached hydrogens (tertiary/aromatic N) is 2. The third-order valence-electron chi connectivity index (χ3n) is 2.66. The second-order valence-electron chi connectivity index (χ2n) is 4.37. The normalized spacial score (nSPS) is 10.2. The van der Waals surface area contributed by atoms with Crippen molar-refractivity contribution in [3.8, 4) is 0 Å². The number of carboxylic acid groups (broad SMARTS) is 1. The standard InChI is InChI=1S/C12H20N4O3/c1-9-10(8-16(2)15-9)7-14-12(19)13-6-4-3-5-11(17)18/h8H,3-7H2,1-2H3,(H,17,18)(H2,13,14,19). The zero-order valence-corrected chi connectivity index (χ0v) is 11.3. The molecule has 0 unspecified atom stereocenters. The Morgan fingerprint density at radius 1 is 1.37 bits per heavy atom. The van der Waals surface area contributed by atoms with Crippen LogP contribution < -0.4 is 10.6 Å². The van der Waals surface area contributed by atoms with Crippen molar-refractivity contribution in [3.63, 3.8) is 0 Å². The van der Waals surface area contributed by atoms with Crippen molar-refractivity contribution < 1.29 is 14.7 Å². The Kier molecular flexibility index (Phi) is 5.84. The van der Waals surface area contributed by atoms with Gasteiger partial charge in [-0.25, -0.2) is 4.79 Å². The fraction of sp³-hybridized carbons (Fsp3) is 0.583. The van der Waals surface area contributed by atoms with Crippen molar-refractivity contribution >= 4 is 12.0 Å². The molecule has 0 spiro atoms. The molecule has 1 heterocycles. The van der Waals surface area contributed by atoms with Crippen LogP contribution in [0.3, 0.4) is 0 Å². The van der Waals surface area contributed by atoms with Gasteiger partial charge in [0.25, 0.3) is 0 Å². The lowest BCUT2D eigenvalue weighted by atomic mass is 10.2. The molecule has 0 fully saturated rings. The molecule has 1 aromatic heterocycles. The Labute approximate surface area is 112 Å². The van der Waals surface area contributed by atoms with Gasteiger partial charge in [-0.05, 0) is 19.8 Å². The van der Waals surface area contributed by atoms with Crippen LogP contribution in [-0.2, 0) is 18.4 Å². The summed E-state index contributed by atoms with van der Waals surface area (Å²) in [5, 5.41) is 18.0. The van der Waals surface area contributed by atoms with E-state index < -0.39 is 5.97 Å². The van der Waals surface area contributed by atoms with E-state index in [-0.39, 0.29) is 12.5 Å². The number of hydrogen-bond donors (Lipinski definition) is 3. The summed E-state index contributed by atoms with van der Waals surface area (Å²) in [5.41, 5.74) is 1.87. The summed E-state index contributed by atoms with van der Waals surface area (Å²) in [5.74, 6) is -0.809. The maximum absolute atomic E-state index is 11.5. The number of carbonyl (C=O) groups excluding carboxylic acids is 1. The molecule has 7 nitrogen and oxygen atoms in total. The molecule has 7 heteroatoms. The minimum atomic E-state index is -0.809. The van der Waals surface area contributed by atoms with Gasteiger partial charge in [0.05, 0.1) is 5.69 Å². The van der Waals surface area contributed by atoms with Crippen molar-refractivity contribution in [2.24, 2.45) is 7.05 Å². The maximum atomic E-state index is 11.5. The number of aromatic nitrogens is 2. The Morgan fingerprint density at radius 2 is 2.11 bits per heavy atom. The van der Waals surface area contributed by atoms with Crippen LogP contribution in [0.1, 0.15) is 30.5 Å². The van der Waals surface area contributed by atoms with Gasteiger partial charge in [0.15, 0.2) is 0 Å². The number of nitrogens with one attached hydrogen (secondary N) is 2. The van der Waals surface area contributed by atoms with E-state index in [9.17, 15) is 9.59 Å². The van der Waals surface area contributed by atoms with Gasteiger partial charge in [-0.15, -0.1) is 0 Å². The number of rotatable bonds is 7. The Bertz CT molecular complexity index is 442. The molecule has 0 atom stereocenters. The number of aryl methyl sites for hydroxylation is 2. The van der Waals surface area contributed by atoms with Gasteiger partial charge in [-0.1, -0.05) is 0 Å². The summed E-state index contributed by atoms with van der Waals surface area (Å²) >= 11 is 0. The van der Waals surface area contributed by atoms with Crippen LogP contribution in [0.4, 0.5) is 4.79 Å². The van der Waals surface area contributed by atoms with Crippen molar-refractivity contribution in [2.45, 2.75) is 32.7 Å². The molecule has 1 aromatic rings. The number of hydrogen-bond acceptors (Lipinski definition) is 3. The number of amides is 2. The predicted octanol–water partition coefficient (Wildman–Crippen LogP) is 0.783. The lowest BCUT2D eigenvalue weighted by Gasteiger charge is -2.06. The van der Waals surface area contributed by atoms with E-state index in [1.165, 1.54) is 0 Å². The van der Waals surface area contributed by atoms with Crippen LogP contribution in [0.15, 0.2) is 6.20 Å². The molecule has 3 N–H and O–H groups in total. The first-order chi connectivity index (χ1) is 8.99. The van der Waals surface area contributed by atoms with Crippen molar-refractivity contribution in [3.05, 3.63) is 17.5 Å². The van der Waals surface area contributed by atoms with Gasteiger partial charge in [0.1, 0.15) is 0 Å². The summed E-state index contributed by atoms with van der Waals surface area (Å²) in [6, 6.07) is -0.251. The van der Waals surface area contributed by atoms with E-state index in [1.807, 2.05) is 20.2 Å². The highest BCUT2D eigenvalue weighted by atomic mass is 16.4. The summed E-state index contributed by atoms with van der Waals surface area (Å²) < 4.78 is 1.70. The van der Waals surface area contributed by atoms with E-state index in [1.54, 1.807) is 4.68 Å². The van der Waals surface area contributed by atoms with Crippen LogP contribution in [0.5, 0.6) is 0 Å². The Hall–Kier alpha value is -2.05. The molecule has 0 aliphatic carbocycles. The monoisotopic (exact) mass is 268 g/mol. The number of aliphatic carboxylic acids is 1. The molecule has 0 aliphatic heterocycles. The molecule has 0 saturated heterocycles. The molecule has 0 bridgehead atoms. The Morgan fingerprint density at radius 3 is 2.68 bits per heavy atom. The van der Waals surface area contributed by atoms with E-state index in [0.717, 1.165) is 11.3 Å². The van der Waals surface area contributed by atoms with Gasteiger partial charge in [0, 0.05) is 38.3 Å². The number of urea groups is 1. The summed E-state index contributed by atoms with van der Waals surface area (Å²) in [7, 11) is 1.83. The second-order valence-corrected chi connectivity index (χ2v) is 4.37. The van der Waals surface area contributed by atoms with Crippen LogP contribution >= 0.6 is 0 Å². The van der Waals surface area contributed by atoms with Crippen LogP contribution in [0, 0.1) is 6.92 Å². The fourth-order valence-corrected chi connectivity index (χ4v) is 1.66. The zero-order valence-electron chi connectivity index (χ0n) is 11.3. The fourth-order valence-electron chi connectivity index (χ4n) is 1.66. The van der Waals surface area contributed by atoms with Gasteiger partial charge >= 0.3 is 12.0 Å². The number of carboxylic acids is 1. The molecule has 106 valence electrons. The van der Waals surface area contributed by atoms with Crippen LogP contribution in [0.2, 0.25) is 0 Å². The average molecular weight is 268 g/mol. The summed E-state index contributed by atoms with van der Waals surface area (Å²) in [6.45, 7) is 2.80. The van der Waals surface area contributed by atoms with Crippen molar-refractivity contribution in [2.75, 3.05) is 6.54 Å². The number of unbranched alkanes of at least 4 members (excludes halogenated alkanes) is 1. The summed E-state index contributed by atoms with van der Waals surface area (Å²) in [6.07, 6.45) is 3.23. The first-order valence-corrected chi connectivity index (χ1v) is 6.21. The quantitative estimate of drug-likeness (QED) is 0.637. The zero-order chi connectivity index (χ0) is 14.3. The first kappa shape index (κ1) is 15.0. The lowest BCUT2D eigenvalue weighted by molar-refractivity contribution is -0.137. The lowest BCUT2D eigenvalue weighted by Crippen LogP contribution is -2.35. The topological polar surface area (TPSA) is 96.3 Å². The van der Waals surface area contributed by atoms with E-state index in [0.29, 0.717) is 25.9 Å². The molecule has 0 aromatic carbocycles. The molecule has 19 heavy (non-hydrogen) atoms.